The van der Waals surface area contributed by atoms with E-state index in [1.165, 1.54) is 50.7 Å². The Hall–Kier alpha value is -1.03. The summed E-state index contributed by atoms with van der Waals surface area (Å²) < 4.78 is 42.1. The Morgan fingerprint density at radius 3 is 1.94 bits per heavy atom. The van der Waals surface area contributed by atoms with E-state index < -0.39 is 28.4 Å². The summed E-state index contributed by atoms with van der Waals surface area (Å²) in [5.41, 5.74) is 0.955. The molecular weight excluding hydrogens is 480 g/mol. The van der Waals surface area contributed by atoms with Gasteiger partial charge in [0.25, 0.3) is 10.1 Å². The number of aliphatic hydroxyl groups is 2. The molecule has 6 atom stereocenters. The topological polar surface area (TPSA) is 102 Å². The van der Waals surface area contributed by atoms with Crippen molar-refractivity contribution >= 4 is 10.1 Å². The zero-order valence-corrected chi connectivity index (χ0v) is 22.8. The maximum atomic E-state index is 12.4. The largest absolute Gasteiger partial charge is 0.390 e. The number of aliphatic hydroxyl groups excluding tert-OH is 2. The van der Waals surface area contributed by atoms with Crippen molar-refractivity contribution in [3.8, 4) is 0 Å². The molecule has 0 bridgehead atoms. The average molecular weight is 527 g/mol. The molecule has 2 saturated heterocycles. The molecule has 0 aromatic heterocycles. The highest BCUT2D eigenvalue weighted by atomic mass is 32.2. The van der Waals surface area contributed by atoms with Crippen molar-refractivity contribution in [1.29, 1.82) is 0 Å². The van der Waals surface area contributed by atoms with Crippen LogP contribution >= 0.6 is 0 Å². The summed E-state index contributed by atoms with van der Waals surface area (Å²) in [4.78, 5) is 0.0708. The van der Waals surface area contributed by atoms with Gasteiger partial charge in [0.05, 0.1) is 42.0 Å². The van der Waals surface area contributed by atoms with Crippen molar-refractivity contribution in [1.82, 2.24) is 0 Å². The number of hydrogen-bond acceptors (Lipinski definition) is 7. The molecule has 8 heteroatoms. The SMILES string of the molecule is CCCCCCCCCC[C@H](O)[C@H]1CC[C@@H]([C@@H]2CC[C@H]([C@H](O)COS(=O)(=O)c3ccc(C)cc3)O2)O1. The Morgan fingerprint density at radius 1 is 0.833 bits per heavy atom. The third kappa shape index (κ3) is 9.07. The van der Waals surface area contributed by atoms with E-state index in [1.807, 2.05) is 6.92 Å². The summed E-state index contributed by atoms with van der Waals surface area (Å²) in [5, 5.41) is 21.1. The van der Waals surface area contributed by atoms with Gasteiger partial charge in [-0.1, -0.05) is 76.0 Å². The van der Waals surface area contributed by atoms with Crippen molar-refractivity contribution in [2.75, 3.05) is 6.61 Å². The van der Waals surface area contributed by atoms with Crippen LogP contribution in [-0.4, -0.2) is 61.9 Å². The highest BCUT2D eigenvalue weighted by Crippen LogP contribution is 2.34. The fraction of sp³-hybridized carbons (Fsp3) is 0.786. The maximum absolute atomic E-state index is 12.4. The first kappa shape index (κ1) is 29.5. The summed E-state index contributed by atoms with van der Waals surface area (Å²) in [6.07, 6.45) is 11.3. The molecule has 2 N–H and O–H groups in total. The van der Waals surface area contributed by atoms with Gasteiger partial charge in [-0.25, -0.2) is 0 Å². The van der Waals surface area contributed by atoms with Crippen LogP contribution in [0.4, 0.5) is 0 Å². The standard InChI is InChI=1S/C28H46O7S/c1-3-4-5-6-7-8-9-10-11-23(29)25-16-18-27(34-25)28-19-17-26(35-28)24(30)20-33-36(31,32)22-14-12-21(2)13-15-22/h12-15,23-30H,3-11,16-20H2,1-2H3/t23-,24+,25+,26+,27-,28-/m0/s1. The predicted octanol–water partition coefficient (Wildman–Crippen LogP) is 5.05. The lowest BCUT2D eigenvalue weighted by atomic mass is 10.0. The molecular formula is C28H46O7S. The van der Waals surface area contributed by atoms with Crippen LogP contribution in [0.1, 0.15) is 96.0 Å². The van der Waals surface area contributed by atoms with E-state index in [0.29, 0.717) is 6.42 Å². The van der Waals surface area contributed by atoms with Gasteiger partial charge in [0.15, 0.2) is 0 Å². The number of benzene rings is 1. The van der Waals surface area contributed by atoms with Crippen LogP contribution in [0.2, 0.25) is 0 Å². The van der Waals surface area contributed by atoms with Gasteiger partial charge in [-0.15, -0.1) is 0 Å². The van der Waals surface area contributed by atoms with Crippen LogP contribution in [0.5, 0.6) is 0 Å². The van der Waals surface area contributed by atoms with Gasteiger partial charge in [0, 0.05) is 0 Å². The van der Waals surface area contributed by atoms with Crippen molar-refractivity contribution in [2.45, 2.75) is 139 Å². The number of unbranched alkanes of at least 4 members (excludes halogenated alkanes) is 7. The number of hydrogen-bond donors (Lipinski definition) is 2. The van der Waals surface area contributed by atoms with Crippen molar-refractivity contribution < 1.29 is 32.3 Å². The summed E-state index contributed by atoms with van der Waals surface area (Å²) in [5.74, 6) is 0. The average Bonchev–Trinajstić information content (AvgIpc) is 3.55. The van der Waals surface area contributed by atoms with Gasteiger partial charge < -0.3 is 19.7 Å². The minimum atomic E-state index is -3.93. The van der Waals surface area contributed by atoms with Gasteiger partial charge in [0.1, 0.15) is 6.10 Å². The van der Waals surface area contributed by atoms with Gasteiger partial charge in [-0.05, 0) is 51.2 Å². The lowest BCUT2D eigenvalue weighted by molar-refractivity contribution is -0.113. The molecule has 2 aliphatic rings. The van der Waals surface area contributed by atoms with E-state index >= 15 is 0 Å². The normalized spacial score (nSPS) is 26.3. The Labute approximate surface area is 217 Å². The fourth-order valence-corrected chi connectivity index (χ4v) is 6.13. The Bertz CT molecular complexity index is 857. The molecule has 206 valence electrons. The third-order valence-corrected chi connectivity index (χ3v) is 8.80. The summed E-state index contributed by atoms with van der Waals surface area (Å²) in [6, 6.07) is 6.41. The number of rotatable bonds is 16. The van der Waals surface area contributed by atoms with E-state index in [9.17, 15) is 18.6 Å². The summed E-state index contributed by atoms with van der Waals surface area (Å²) in [7, 11) is -3.93. The first-order valence-electron chi connectivity index (χ1n) is 13.9. The highest BCUT2D eigenvalue weighted by molar-refractivity contribution is 7.86. The molecule has 0 saturated carbocycles. The Balaban J connectivity index is 1.33. The molecule has 0 spiro atoms. The number of aryl methyl sites for hydroxylation is 1. The van der Waals surface area contributed by atoms with Gasteiger partial charge in [-0.2, -0.15) is 8.42 Å². The molecule has 2 heterocycles. The van der Waals surface area contributed by atoms with Crippen LogP contribution in [-0.2, 0) is 23.8 Å². The Morgan fingerprint density at radius 2 is 1.36 bits per heavy atom. The smallest absolute Gasteiger partial charge is 0.297 e. The van der Waals surface area contributed by atoms with E-state index in [2.05, 4.69) is 6.92 Å². The lowest BCUT2D eigenvalue weighted by Crippen LogP contribution is -2.35. The van der Waals surface area contributed by atoms with Gasteiger partial charge in [-0.3, -0.25) is 4.18 Å². The van der Waals surface area contributed by atoms with Crippen LogP contribution in [0.3, 0.4) is 0 Å². The first-order chi connectivity index (χ1) is 17.3. The van der Waals surface area contributed by atoms with Crippen LogP contribution in [0.15, 0.2) is 29.2 Å². The first-order valence-corrected chi connectivity index (χ1v) is 15.3. The predicted molar refractivity (Wildman–Crippen MR) is 139 cm³/mol. The van der Waals surface area contributed by atoms with E-state index in [-0.39, 0.29) is 29.8 Å². The second-order valence-electron chi connectivity index (χ2n) is 10.5. The van der Waals surface area contributed by atoms with Gasteiger partial charge >= 0.3 is 0 Å². The fourth-order valence-electron chi connectivity index (χ4n) is 5.20. The molecule has 0 aliphatic carbocycles. The van der Waals surface area contributed by atoms with E-state index in [0.717, 1.165) is 44.1 Å². The monoisotopic (exact) mass is 526 g/mol. The second kappa shape index (κ2) is 14.8. The Kier molecular flexibility index (Phi) is 12.1. The molecule has 36 heavy (non-hydrogen) atoms. The minimum Gasteiger partial charge on any atom is -0.390 e. The molecule has 3 rings (SSSR count). The van der Waals surface area contributed by atoms with Crippen molar-refractivity contribution in [3.05, 3.63) is 29.8 Å². The molecule has 1 aromatic rings. The van der Waals surface area contributed by atoms with Crippen molar-refractivity contribution in [3.63, 3.8) is 0 Å². The molecule has 0 radical (unpaired) electrons. The maximum Gasteiger partial charge on any atom is 0.297 e. The highest BCUT2D eigenvalue weighted by Gasteiger charge is 2.41. The third-order valence-electron chi connectivity index (χ3n) is 7.50. The minimum absolute atomic E-state index is 0.0708. The van der Waals surface area contributed by atoms with E-state index in [4.69, 9.17) is 13.7 Å². The molecule has 7 nitrogen and oxygen atoms in total. The lowest BCUT2D eigenvalue weighted by Gasteiger charge is -2.24. The molecule has 1 aromatic carbocycles. The van der Waals surface area contributed by atoms with Crippen LogP contribution < -0.4 is 0 Å². The van der Waals surface area contributed by atoms with Crippen LogP contribution in [0, 0.1) is 6.92 Å². The molecule has 0 amide bonds. The molecule has 0 unspecified atom stereocenters. The zero-order valence-electron chi connectivity index (χ0n) is 22.0. The zero-order chi connectivity index (χ0) is 26.0. The number of ether oxygens (including phenoxy) is 2. The van der Waals surface area contributed by atoms with Crippen LogP contribution in [0.25, 0.3) is 0 Å². The van der Waals surface area contributed by atoms with E-state index in [1.54, 1.807) is 12.1 Å². The quantitative estimate of drug-likeness (QED) is 0.230. The molecule has 2 fully saturated rings. The summed E-state index contributed by atoms with van der Waals surface area (Å²) in [6.45, 7) is 3.76. The van der Waals surface area contributed by atoms with Crippen molar-refractivity contribution in [2.24, 2.45) is 0 Å². The molecule has 2 aliphatic heterocycles. The summed E-state index contributed by atoms with van der Waals surface area (Å²) >= 11 is 0. The second-order valence-corrected chi connectivity index (χ2v) is 12.1. The van der Waals surface area contributed by atoms with Gasteiger partial charge in [0.2, 0.25) is 0 Å².